The molecule has 1 aromatic carbocycles. The van der Waals surface area contributed by atoms with Crippen molar-refractivity contribution in [2.24, 2.45) is 11.8 Å². The summed E-state index contributed by atoms with van der Waals surface area (Å²) in [5.41, 5.74) is 0.989. The maximum atomic E-state index is 11.6. The molecule has 24 heavy (non-hydrogen) atoms. The molecule has 2 rings (SSSR count). The van der Waals surface area contributed by atoms with Gasteiger partial charge >= 0.3 is 11.9 Å². The second-order valence-corrected chi connectivity index (χ2v) is 7.02. The van der Waals surface area contributed by atoms with Gasteiger partial charge in [0.1, 0.15) is 24.6 Å². The van der Waals surface area contributed by atoms with Crippen LogP contribution in [0.2, 0.25) is 0 Å². The molecule has 0 bridgehead atoms. The molecule has 1 aliphatic rings. The minimum atomic E-state index is -0.227. The molecule has 1 aromatic rings. The summed E-state index contributed by atoms with van der Waals surface area (Å²) >= 11 is 0. The van der Waals surface area contributed by atoms with E-state index in [4.69, 9.17) is 14.2 Å². The van der Waals surface area contributed by atoms with Crippen LogP contribution in [0.25, 0.3) is 0 Å². The molecule has 0 N–H and O–H groups in total. The van der Waals surface area contributed by atoms with Crippen LogP contribution in [-0.2, 0) is 19.1 Å². The summed E-state index contributed by atoms with van der Waals surface area (Å²) in [4.78, 5) is 23.2. The van der Waals surface area contributed by atoms with Crippen LogP contribution < -0.4 is 4.74 Å². The molecule has 0 amide bonds. The van der Waals surface area contributed by atoms with Crippen molar-refractivity contribution in [1.29, 1.82) is 0 Å². The molecule has 0 spiro atoms. The van der Waals surface area contributed by atoms with Crippen LogP contribution in [0.3, 0.4) is 0 Å². The van der Waals surface area contributed by atoms with Gasteiger partial charge in [0, 0.05) is 12.8 Å². The van der Waals surface area contributed by atoms with Gasteiger partial charge in [0.15, 0.2) is 0 Å². The summed E-state index contributed by atoms with van der Waals surface area (Å²) in [6, 6.07) is 7.27. The quantitative estimate of drug-likeness (QED) is 0.412. The molecule has 1 fully saturated rings. The normalized spacial score (nSPS) is 19.4. The number of carbonyl (C=O) groups excluding carboxylic acids is 2. The van der Waals surface area contributed by atoms with Crippen molar-refractivity contribution in [1.82, 2.24) is 0 Å². The fraction of sp³-hybridized carbons (Fsp3) is 0.579. The van der Waals surface area contributed by atoms with Crippen LogP contribution >= 0.6 is 0 Å². The summed E-state index contributed by atoms with van der Waals surface area (Å²) in [7, 11) is 0. The molecule has 0 saturated carbocycles. The summed E-state index contributed by atoms with van der Waals surface area (Å²) in [5.74, 6) is 0.683. The minimum Gasteiger partial charge on any atom is -0.463 e. The first-order valence-electron chi connectivity index (χ1n) is 8.47. The van der Waals surface area contributed by atoms with Gasteiger partial charge in [0.25, 0.3) is 0 Å². The highest BCUT2D eigenvalue weighted by atomic mass is 16.6. The first-order chi connectivity index (χ1) is 11.3. The van der Waals surface area contributed by atoms with E-state index in [1.54, 1.807) is 12.1 Å². The largest absolute Gasteiger partial charge is 0.463 e. The van der Waals surface area contributed by atoms with Gasteiger partial charge in [0.2, 0.25) is 0 Å². The minimum absolute atomic E-state index is 0.0581. The monoisotopic (exact) mass is 334 g/mol. The van der Waals surface area contributed by atoms with Gasteiger partial charge < -0.3 is 14.2 Å². The second-order valence-electron chi connectivity index (χ2n) is 7.02. The Kier molecular flexibility index (Phi) is 6.37. The number of hydrogen-bond donors (Lipinski definition) is 0. The Hall–Kier alpha value is -1.88. The average Bonchev–Trinajstić information content (AvgIpc) is 3.24. The number of esters is 2. The van der Waals surface area contributed by atoms with Gasteiger partial charge in [-0.05, 0) is 29.5 Å². The molecule has 0 radical (unpaired) electrons. The molecule has 132 valence electrons. The van der Waals surface area contributed by atoms with Gasteiger partial charge in [-0.15, -0.1) is 0 Å². The van der Waals surface area contributed by atoms with Gasteiger partial charge in [-0.1, -0.05) is 39.8 Å². The van der Waals surface area contributed by atoms with Crippen LogP contribution in [0.5, 0.6) is 5.75 Å². The van der Waals surface area contributed by atoms with E-state index in [-0.39, 0.29) is 36.7 Å². The number of hydrogen-bond acceptors (Lipinski definition) is 5. The van der Waals surface area contributed by atoms with E-state index in [9.17, 15) is 9.59 Å². The van der Waals surface area contributed by atoms with Crippen molar-refractivity contribution in [2.75, 3.05) is 6.61 Å². The molecule has 5 heteroatoms. The summed E-state index contributed by atoms with van der Waals surface area (Å²) in [6.45, 7) is 8.19. The Morgan fingerprint density at radius 2 is 1.58 bits per heavy atom. The Balaban J connectivity index is 1.76. The first kappa shape index (κ1) is 18.5. The summed E-state index contributed by atoms with van der Waals surface area (Å²) in [6.07, 6.45) is 0.679. The lowest BCUT2D eigenvalue weighted by Gasteiger charge is -2.07. The highest BCUT2D eigenvalue weighted by Crippen LogP contribution is 2.39. The van der Waals surface area contributed by atoms with Gasteiger partial charge in [0.05, 0.1) is 0 Å². The summed E-state index contributed by atoms with van der Waals surface area (Å²) < 4.78 is 16.0. The van der Waals surface area contributed by atoms with Crippen LogP contribution in [0.4, 0.5) is 0 Å². The van der Waals surface area contributed by atoms with Gasteiger partial charge in [-0.3, -0.25) is 9.59 Å². The standard InChI is InChI=1S/C19H26O5/c1-12(2)9-17(20)22-11-16-19(24-16)14-5-7-15(8-6-14)23-18(21)10-13(3)4/h5-8,12-13,16,19H,9-11H2,1-4H3/t16-,19-/m1/s1. The highest BCUT2D eigenvalue weighted by Gasteiger charge is 2.41. The molecule has 0 aromatic heterocycles. The predicted octanol–water partition coefficient (Wildman–Crippen LogP) is 3.67. The molecule has 2 atom stereocenters. The van der Waals surface area contributed by atoms with E-state index in [1.165, 1.54) is 0 Å². The third kappa shape index (κ3) is 5.96. The van der Waals surface area contributed by atoms with Crippen molar-refractivity contribution in [2.45, 2.75) is 52.7 Å². The van der Waals surface area contributed by atoms with Crippen molar-refractivity contribution < 1.29 is 23.8 Å². The van der Waals surface area contributed by atoms with Crippen LogP contribution in [0.15, 0.2) is 24.3 Å². The molecule has 5 nitrogen and oxygen atoms in total. The Labute approximate surface area is 143 Å². The molecule has 1 saturated heterocycles. The Bertz CT molecular complexity index is 562. The second kappa shape index (κ2) is 8.29. The molecule has 1 aliphatic heterocycles. The lowest BCUT2D eigenvalue weighted by molar-refractivity contribution is -0.145. The highest BCUT2D eigenvalue weighted by molar-refractivity contribution is 5.72. The van der Waals surface area contributed by atoms with Crippen molar-refractivity contribution in [3.8, 4) is 5.75 Å². The van der Waals surface area contributed by atoms with E-state index in [1.807, 2.05) is 39.8 Å². The zero-order chi connectivity index (χ0) is 17.7. The maximum absolute atomic E-state index is 11.6. The fourth-order valence-corrected chi connectivity index (χ4v) is 2.36. The molecule has 1 heterocycles. The van der Waals surface area contributed by atoms with E-state index in [0.29, 0.717) is 24.5 Å². The molecule has 0 unspecified atom stereocenters. The smallest absolute Gasteiger partial charge is 0.311 e. The van der Waals surface area contributed by atoms with Crippen molar-refractivity contribution in [3.05, 3.63) is 29.8 Å². The predicted molar refractivity (Wildman–Crippen MR) is 89.6 cm³/mol. The molecule has 0 aliphatic carbocycles. The number of ether oxygens (including phenoxy) is 3. The van der Waals surface area contributed by atoms with Crippen LogP contribution in [0, 0.1) is 11.8 Å². The van der Waals surface area contributed by atoms with E-state index >= 15 is 0 Å². The van der Waals surface area contributed by atoms with Crippen molar-refractivity contribution >= 4 is 11.9 Å². The van der Waals surface area contributed by atoms with E-state index < -0.39 is 0 Å². The number of rotatable bonds is 8. The van der Waals surface area contributed by atoms with Crippen LogP contribution in [-0.4, -0.2) is 24.6 Å². The molecular weight excluding hydrogens is 308 g/mol. The van der Waals surface area contributed by atoms with Crippen molar-refractivity contribution in [3.63, 3.8) is 0 Å². The average molecular weight is 334 g/mol. The third-order valence-electron chi connectivity index (χ3n) is 3.58. The van der Waals surface area contributed by atoms with Gasteiger partial charge in [-0.2, -0.15) is 0 Å². The van der Waals surface area contributed by atoms with E-state index in [2.05, 4.69) is 0 Å². The fourth-order valence-electron chi connectivity index (χ4n) is 2.36. The third-order valence-corrected chi connectivity index (χ3v) is 3.58. The SMILES string of the molecule is CC(C)CC(=O)OC[C@H]1O[C@@H]1c1ccc(OC(=O)CC(C)C)cc1. The van der Waals surface area contributed by atoms with Crippen LogP contribution in [0.1, 0.15) is 52.2 Å². The zero-order valence-corrected chi connectivity index (χ0v) is 14.8. The first-order valence-corrected chi connectivity index (χ1v) is 8.47. The van der Waals surface area contributed by atoms with Gasteiger partial charge in [-0.25, -0.2) is 0 Å². The Morgan fingerprint density at radius 3 is 2.17 bits per heavy atom. The lowest BCUT2D eigenvalue weighted by atomic mass is 10.1. The molecular formula is C19H26O5. The number of carbonyl (C=O) groups is 2. The summed E-state index contributed by atoms with van der Waals surface area (Å²) in [5, 5.41) is 0. The Morgan fingerprint density at radius 1 is 1.00 bits per heavy atom. The zero-order valence-electron chi connectivity index (χ0n) is 14.8. The number of epoxide rings is 1. The topological polar surface area (TPSA) is 65.1 Å². The van der Waals surface area contributed by atoms with E-state index in [0.717, 1.165) is 5.56 Å². The lowest BCUT2D eigenvalue weighted by Crippen LogP contribution is -2.12. The number of benzene rings is 1. The maximum Gasteiger partial charge on any atom is 0.311 e.